The SMILES string of the molecule is O=C1COc2ccc(C(=O)N3CCN(C(=O)c4ccncc4)CC3)cc2N1. The molecule has 0 atom stereocenters. The molecule has 0 saturated carbocycles. The van der Waals surface area contributed by atoms with Crippen LogP contribution in [0.4, 0.5) is 5.69 Å². The van der Waals surface area contributed by atoms with Crippen molar-refractivity contribution in [2.75, 3.05) is 38.1 Å². The van der Waals surface area contributed by atoms with Crippen LogP contribution in [0.5, 0.6) is 5.75 Å². The highest BCUT2D eigenvalue weighted by Crippen LogP contribution is 2.29. The first kappa shape index (κ1) is 17.0. The van der Waals surface area contributed by atoms with Crippen molar-refractivity contribution < 1.29 is 19.1 Å². The lowest BCUT2D eigenvalue weighted by atomic mass is 10.1. The molecule has 0 aliphatic carbocycles. The molecule has 0 radical (unpaired) electrons. The van der Waals surface area contributed by atoms with Crippen molar-refractivity contribution in [2.24, 2.45) is 0 Å². The molecule has 8 heteroatoms. The summed E-state index contributed by atoms with van der Waals surface area (Å²) in [5.41, 5.74) is 1.58. The number of pyridine rings is 1. The normalized spacial score (nSPS) is 16.2. The summed E-state index contributed by atoms with van der Waals surface area (Å²) in [5.74, 6) is 0.126. The second-order valence-electron chi connectivity index (χ2n) is 6.37. The number of carbonyl (C=O) groups is 3. The van der Waals surface area contributed by atoms with Gasteiger partial charge in [-0.1, -0.05) is 0 Å². The van der Waals surface area contributed by atoms with Crippen LogP contribution in [0.2, 0.25) is 0 Å². The quantitative estimate of drug-likeness (QED) is 0.856. The van der Waals surface area contributed by atoms with Gasteiger partial charge in [-0.15, -0.1) is 0 Å². The van der Waals surface area contributed by atoms with Gasteiger partial charge in [-0.05, 0) is 30.3 Å². The Morgan fingerprint density at radius 2 is 1.56 bits per heavy atom. The fourth-order valence-corrected chi connectivity index (χ4v) is 3.19. The van der Waals surface area contributed by atoms with E-state index < -0.39 is 0 Å². The molecule has 27 heavy (non-hydrogen) atoms. The fourth-order valence-electron chi connectivity index (χ4n) is 3.19. The van der Waals surface area contributed by atoms with E-state index in [4.69, 9.17) is 4.74 Å². The van der Waals surface area contributed by atoms with E-state index in [2.05, 4.69) is 10.3 Å². The van der Waals surface area contributed by atoms with E-state index in [1.54, 1.807) is 52.5 Å². The highest BCUT2D eigenvalue weighted by molar-refractivity contribution is 6.00. The van der Waals surface area contributed by atoms with Crippen molar-refractivity contribution in [1.82, 2.24) is 14.8 Å². The number of ether oxygens (including phenoxy) is 1. The van der Waals surface area contributed by atoms with Crippen molar-refractivity contribution in [2.45, 2.75) is 0 Å². The van der Waals surface area contributed by atoms with E-state index >= 15 is 0 Å². The molecule has 138 valence electrons. The van der Waals surface area contributed by atoms with E-state index in [1.807, 2.05) is 0 Å². The first-order valence-electron chi connectivity index (χ1n) is 8.67. The first-order chi connectivity index (χ1) is 13.1. The van der Waals surface area contributed by atoms with E-state index in [9.17, 15) is 14.4 Å². The number of fused-ring (bicyclic) bond motifs is 1. The number of piperazine rings is 1. The third-order valence-electron chi connectivity index (χ3n) is 4.64. The van der Waals surface area contributed by atoms with Crippen molar-refractivity contribution in [1.29, 1.82) is 0 Å². The Labute approximate surface area is 155 Å². The van der Waals surface area contributed by atoms with E-state index in [0.717, 1.165) is 0 Å². The smallest absolute Gasteiger partial charge is 0.262 e. The average Bonchev–Trinajstić information content (AvgIpc) is 2.73. The molecule has 0 spiro atoms. The maximum atomic E-state index is 12.8. The maximum absolute atomic E-state index is 12.8. The van der Waals surface area contributed by atoms with E-state index in [0.29, 0.717) is 48.7 Å². The number of nitrogens with one attached hydrogen (secondary N) is 1. The molecular formula is C19H18N4O4. The van der Waals surface area contributed by atoms with Gasteiger partial charge in [-0.25, -0.2) is 0 Å². The third kappa shape index (κ3) is 3.46. The number of anilines is 1. The predicted octanol–water partition coefficient (Wildman–Crippen LogP) is 1.01. The molecule has 1 fully saturated rings. The summed E-state index contributed by atoms with van der Waals surface area (Å²) in [6.07, 6.45) is 3.18. The van der Waals surface area contributed by atoms with E-state index in [-0.39, 0.29) is 24.3 Å². The maximum Gasteiger partial charge on any atom is 0.262 e. The molecule has 3 heterocycles. The second-order valence-corrected chi connectivity index (χ2v) is 6.37. The summed E-state index contributed by atoms with van der Waals surface area (Å²) < 4.78 is 5.31. The van der Waals surface area contributed by atoms with Crippen LogP contribution in [0.1, 0.15) is 20.7 Å². The molecule has 2 aliphatic rings. The summed E-state index contributed by atoms with van der Waals surface area (Å²) >= 11 is 0. The predicted molar refractivity (Wildman–Crippen MR) is 96.6 cm³/mol. The summed E-state index contributed by atoms with van der Waals surface area (Å²) in [5, 5.41) is 2.71. The lowest BCUT2D eigenvalue weighted by Gasteiger charge is -2.35. The van der Waals surface area contributed by atoms with Gasteiger partial charge < -0.3 is 19.9 Å². The molecule has 2 aromatic rings. The Bertz CT molecular complexity index is 892. The Morgan fingerprint density at radius 3 is 2.22 bits per heavy atom. The molecule has 1 saturated heterocycles. The van der Waals surface area contributed by atoms with Crippen molar-refractivity contribution in [3.05, 3.63) is 53.9 Å². The monoisotopic (exact) mass is 366 g/mol. The molecule has 8 nitrogen and oxygen atoms in total. The van der Waals surface area contributed by atoms with Gasteiger partial charge in [-0.3, -0.25) is 19.4 Å². The van der Waals surface area contributed by atoms with Crippen LogP contribution >= 0.6 is 0 Å². The van der Waals surface area contributed by atoms with Gasteiger partial charge in [0.2, 0.25) is 0 Å². The zero-order valence-electron chi connectivity index (χ0n) is 14.6. The van der Waals surface area contributed by atoms with Gasteiger partial charge in [0.1, 0.15) is 5.75 Å². The summed E-state index contributed by atoms with van der Waals surface area (Å²) in [6, 6.07) is 8.37. The van der Waals surface area contributed by atoms with Crippen molar-refractivity contribution >= 4 is 23.4 Å². The number of nitrogens with zero attached hydrogens (tertiary/aromatic N) is 3. The zero-order valence-corrected chi connectivity index (χ0v) is 14.6. The number of aromatic nitrogens is 1. The minimum Gasteiger partial charge on any atom is -0.482 e. The fraction of sp³-hybridized carbons (Fsp3) is 0.263. The summed E-state index contributed by atoms with van der Waals surface area (Å²) in [6.45, 7) is 1.83. The Morgan fingerprint density at radius 1 is 0.926 bits per heavy atom. The first-order valence-corrected chi connectivity index (χ1v) is 8.67. The third-order valence-corrected chi connectivity index (χ3v) is 4.64. The Kier molecular flexibility index (Phi) is 4.45. The summed E-state index contributed by atoms with van der Waals surface area (Å²) in [4.78, 5) is 44.1. The van der Waals surface area contributed by atoms with Gasteiger partial charge in [0, 0.05) is 49.7 Å². The number of rotatable bonds is 2. The molecular weight excluding hydrogens is 348 g/mol. The summed E-state index contributed by atoms with van der Waals surface area (Å²) in [7, 11) is 0. The minimum absolute atomic E-state index is 0.0201. The van der Waals surface area contributed by atoms with Crippen LogP contribution in [0, 0.1) is 0 Å². The van der Waals surface area contributed by atoms with E-state index in [1.165, 1.54) is 0 Å². The van der Waals surface area contributed by atoms with Crippen molar-refractivity contribution in [3.8, 4) is 5.75 Å². The highest BCUT2D eigenvalue weighted by Gasteiger charge is 2.26. The molecule has 3 amide bonds. The van der Waals surface area contributed by atoms with Crippen LogP contribution in [0.15, 0.2) is 42.7 Å². The lowest BCUT2D eigenvalue weighted by molar-refractivity contribution is -0.118. The van der Waals surface area contributed by atoms with Crippen LogP contribution in [-0.4, -0.2) is 65.3 Å². The number of carbonyl (C=O) groups excluding carboxylic acids is 3. The molecule has 1 aromatic carbocycles. The average molecular weight is 366 g/mol. The molecule has 4 rings (SSSR count). The topological polar surface area (TPSA) is 91.8 Å². The van der Waals surface area contributed by atoms with Gasteiger partial charge in [0.25, 0.3) is 17.7 Å². The number of amides is 3. The standard InChI is InChI=1S/C19H18N4O4/c24-17-12-27-16-2-1-14(11-15(16)21-17)19(26)23-9-7-22(8-10-23)18(25)13-3-5-20-6-4-13/h1-6,11H,7-10,12H2,(H,21,24). The molecule has 0 bridgehead atoms. The van der Waals surface area contributed by atoms with Crippen molar-refractivity contribution in [3.63, 3.8) is 0 Å². The van der Waals surface area contributed by atoms with Crippen LogP contribution in [-0.2, 0) is 4.79 Å². The number of benzene rings is 1. The Balaban J connectivity index is 1.41. The van der Waals surface area contributed by atoms with Gasteiger partial charge >= 0.3 is 0 Å². The highest BCUT2D eigenvalue weighted by atomic mass is 16.5. The largest absolute Gasteiger partial charge is 0.482 e. The molecule has 2 aliphatic heterocycles. The lowest BCUT2D eigenvalue weighted by Crippen LogP contribution is -2.50. The van der Waals surface area contributed by atoms with Crippen LogP contribution in [0.3, 0.4) is 0 Å². The van der Waals surface area contributed by atoms with Crippen LogP contribution < -0.4 is 10.1 Å². The molecule has 1 N–H and O–H groups in total. The van der Waals surface area contributed by atoms with Gasteiger partial charge in [0.05, 0.1) is 5.69 Å². The number of hydrogen-bond acceptors (Lipinski definition) is 5. The molecule has 1 aromatic heterocycles. The molecule has 0 unspecified atom stereocenters. The number of hydrogen-bond donors (Lipinski definition) is 1. The minimum atomic E-state index is -0.240. The van der Waals surface area contributed by atoms with Gasteiger partial charge in [0.15, 0.2) is 6.61 Å². The second kappa shape index (κ2) is 7.06. The van der Waals surface area contributed by atoms with Gasteiger partial charge in [-0.2, -0.15) is 0 Å². The van der Waals surface area contributed by atoms with Crippen LogP contribution in [0.25, 0.3) is 0 Å². The zero-order chi connectivity index (χ0) is 18.8. The Hall–Kier alpha value is -3.42.